The van der Waals surface area contributed by atoms with Crippen molar-refractivity contribution in [3.63, 3.8) is 0 Å². The third kappa shape index (κ3) is 7.40. The Kier molecular flexibility index (Phi) is 8.79. The molecule has 1 saturated carbocycles. The molecule has 1 fully saturated rings. The van der Waals surface area contributed by atoms with Crippen molar-refractivity contribution in [2.75, 3.05) is 47.1 Å². The van der Waals surface area contributed by atoms with Gasteiger partial charge in [-0.2, -0.15) is 0 Å². The van der Waals surface area contributed by atoms with Crippen LogP contribution in [0.3, 0.4) is 0 Å². The van der Waals surface area contributed by atoms with E-state index in [4.69, 9.17) is 25.6 Å². The van der Waals surface area contributed by atoms with E-state index < -0.39 is 0 Å². The van der Waals surface area contributed by atoms with Crippen molar-refractivity contribution in [1.82, 2.24) is 10.2 Å². The van der Waals surface area contributed by atoms with E-state index in [9.17, 15) is 0 Å². The van der Waals surface area contributed by atoms with Gasteiger partial charge in [0.25, 0.3) is 0 Å². The molecule has 0 radical (unpaired) electrons. The molecule has 0 atom stereocenters. The van der Waals surface area contributed by atoms with Gasteiger partial charge in [0.05, 0.1) is 20.3 Å². The first-order valence-electron chi connectivity index (χ1n) is 9.48. The van der Waals surface area contributed by atoms with Crippen LogP contribution in [0.5, 0.6) is 11.5 Å². The number of nitrogens with zero attached hydrogens (tertiary/aromatic N) is 2. The fourth-order valence-electron chi connectivity index (χ4n) is 2.53. The van der Waals surface area contributed by atoms with Crippen LogP contribution >= 0.6 is 0 Å². The zero-order valence-electron chi connectivity index (χ0n) is 16.7. The number of aliphatic imine (C=N–C) groups is 1. The molecule has 0 amide bonds. The predicted molar refractivity (Wildman–Crippen MR) is 108 cm³/mol. The highest BCUT2D eigenvalue weighted by atomic mass is 16.5. The molecule has 27 heavy (non-hydrogen) atoms. The van der Waals surface area contributed by atoms with E-state index in [0.717, 1.165) is 37.1 Å². The minimum atomic E-state index is 0.204. The summed E-state index contributed by atoms with van der Waals surface area (Å²) in [6.07, 6.45) is 7.91. The van der Waals surface area contributed by atoms with Gasteiger partial charge >= 0.3 is 0 Å². The normalized spacial score (nSPS) is 13.8. The molecular formula is C21H31N3O3. The first kappa shape index (κ1) is 20.9. The number of hydrogen-bond acceptors (Lipinski definition) is 4. The number of nitrogens with one attached hydrogen (secondary N) is 1. The van der Waals surface area contributed by atoms with Crippen LogP contribution < -0.4 is 14.8 Å². The summed E-state index contributed by atoms with van der Waals surface area (Å²) < 4.78 is 16.6. The Hall–Kier alpha value is -2.39. The standard InChI is InChI=1S/C21H31N3O3/c1-5-12-27-20-14-18(9-10-19(20)25-4)15-23-21(22-6-2)24(3)11-13-26-16-17-7-8-17/h1,9-10,14,17H,6-8,11-13,15-16H2,2-4H3,(H,22,23). The van der Waals surface area contributed by atoms with Gasteiger partial charge in [-0.3, -0.25) is 0 Å². The SMILES string of the molecule is C#CCOc1cc(CN=C(NCC)N(C)CCOCC2CC2)ccc1OC. The smallest absolute Gasteiger partial charge is 0.194 e. The minimum Gasteiger partial charge on any atom is -0.493 e. The van der Waals surface area contributed by atoms with Gasteiger partial charge in [-0.05, 0) is 43.4 Å². The van der Waals surface area contributed by atoms with Crippen molar-refractivity contribution in [2.45, 2.75) is 26.3 Å². The lowest BCUT2D eigenvalue weighted by Crippen LogP contribution is -2.40. The lowest BCUT2D eigenvalue weighted by molar-refractivity contribution is 0.115. The molecule has 2 rings (SSSR count). The van der Waals surface area contributed by atoms with Gasteiger partial charge in [-0.15, -0.1) is 6.42 Å². The number of rotatable bonds is 11. The van der Waals surface area contributed by atoms with Crippen LogP contribution in [0, 0.1) is 18.3 Å². The van der Waals surface area contributed by atoms with E-state index in [2.05, 4.69) is 23.1 Å². The maximum absolute atomic E-state index is 5.73. The van der Waals surface area contributed by atoms with Crippen molar-refractivity contribution in [3.05, 3.63) is 23.8 Å². The Bertz CT molecular complexity index is 651. The first-order valence-corrected chi connectivity index (χ1v) is 9.48. The molecule has 0 spiro atoms. The highest BCUT2D eigenvalue weighted by Crippen LogP contribution is 2.29. The number of hydrogen-bond donors (Lipinski definition) is 1. The van der Waals surface area contributed by atoms with Crippen molar-refractivity contribution in [1.29, 1.82) is 0 Å². The lowest BCUT2D eigenvalue weighted by atomic mass is 10.2. The number of ether oxygens (including phenoxy) is 3. The summed E-state index contributed by atoms with van der Waals surface area (Å²) in [6, 6.07) is 5.77. The molecule has 0 heterocycles. The average molecular weight is 373 g/mol. The van der Waals surface area contributed by atoms with E-state index in [1.54, 1.807) is 7.11 Å². The largest absolute Gasteiger partial charge is 0.493 e. The maximum Gasteiger partial charge on any atom is 0.194 e. The molecule has 1 aromatic carbocycles. The summed E-state index contributed by atoms with van der Waals surface area (Å²) in [4.78, 5) is 6.82. The number of guanidine groups is 1. The third-order valence-corrected chi connectivity index (χ3v) is 4.27. The highest BCUT2D eigenvalue weighted by Gasteiger charge is 2.21. The second-order valence-corrected chi connectivity index (χ2v) is 6.59. The van der Waals surface area contributed by atoms with Crippen molar-refractivity contribution < 1.29 is 14.2 Å². The van der Waals surface area contributed by atoms with E-state index in [0.29, 0.717) is 24.7 Å². The number of methoxy groups -OCH3 is 1. The summed E-state index contributed by atoms with van der Waals surface area (Å²) in [5.41, 5.74) is 1.02. The van der Waals surface area contributed by atoms with Crippen LogP contribution in [0.1, 0.15) is 25.3 Å². The molecule has 0 aliphatic heterocycles. The quantitative estimate of drug-likeness (QED) is 0.280. The van der Waals surface area contributed by atoms with Gasteiger partial charge in [0, 0.05) is 26.7 Å². The summed E-state index contributed by atoms with van der Waals surface area (Å²) in [5, 5.41) is 3.32. The Morgan fingerprint density at radius 1 is 1.37 bits per heavy atom. The van der Waals surface area contributed by atoms with E-state index >= 15 is 0 Å². The molecule has 0 unspecified atom stereocenters. The average Bonchev–Trinajstić information content (AvgIpc) is 3.51. The Morgan fingerprint density at radius 2 is 2.19 bits per heavy atom. The molecule has 1 aromatic rings. The van der Waals surface area contributed by atoms with Gasteiger partial charge in [-0.25, -0.2) is 4.99 Å². The van der Waals surface area contributed by atoms with E-state index in [1.165, 1.54) is 12.8 Å². The Balaban J connectivity index is 1.94. The number of terminal acetylenes is 1. The van der Waals surface area contributed by atoms with Crippen LogP contribution in [0.2, 0.25) is 0 Å². The van der Waals surface area contributed by atoms with Crippen LogP contribution in [-0.2, 0) is 11.3 Å². The maximum atomic E-state index is 5.73. The zero-order valence-corrected chi connectivity index (χ0v) is 16.7. The third-order valence-electron chi connectivity index (χ3n) is 4.27. The molecule has 1 aliphatic carbocycles. The first-order chi connectivity index (χ1) is 13.2. The Labute approximate surface area is 162 Å². The molecule has 6 heteroatoms. The zero-order chi connectivity index (χ0) is 19.5. The second-order valence-electron chi connectivity index (χ2n) is 6.59. The fraction of sp³-hybridized carbons (Fsp3) is 0.571. The summed E-state index contributed by atoms with van der Waals surface area (Å²) in [5.74, 6) is 5.41. The summed E-state index contributed by atoms with van der Waals surface area (Å²) in [7, 11) is 3.64. The number of benzene rings is 1. The van der Waals surface area contributed by atoms with Crippen LogP contribution in [-0.4, -0.2) is 57.9 Å². The second kappa shape index (κ2) is 11.3. The van der Waals surface area contributed by atoms with Gasteiger partial charge in [-0.1, -0.05) is 12.0 Å². The van der Waals surface area contributed by atoms with E-state index in [-0.39, 0.29) is 6.61 Å². The fourth-order valence-corrected chi connectivity index (χ4v) is 2.53. The molecule has 1 aliphatic rings. The van der Waals surface area contributed by atoms with Crippen molar-refractivity contribution in [3.8, 4) is 23.8 Å². The van der Waals surface area contributed by atoms with Crippen LogP contribution in [0.4, 0.5) is 0 Å². The van der Waals surface area contributed by atoms with Gasteiger partial charge in [0.1, 0.15) is 6.61 Å². The monoisotopic (exact) mass is 373 g/mol. The van der Waals surface area contributed by atoms with E-state index in [1.807, 2.05) is 25.2 Å². The van der Waals surface area contributed by atoms with Gasteiger partial charge in [0.2, 0.25) is 0 Å². The highest BCUT2D eigenvalue weighted by molar-refractivity contribution is 5.79. The molecule has 1 N–H and O–H groups in total. The Morgan fingerprint density at radius 3 is 2.85 bits per heavy atom. The molecular weight excluding hydrogens is 342 g/mol. The van der Waals surface area contributed by atoms with Gasteiger partial charge < -0.3 is 24.4 Å². The van der Waals surface area contributed by atoms with Crippen molar-refractivity contribution in [2.24, 2.45) is 10.9 Å². The summed E-state index contributed by atoms with van der Waals surface area (Å²) in [6.45, 7) is 6.01. The van der Waals surface area contributed by atoms with Gasteiger partial charge in [0.15, 0.2) is 17.5 Å². The molecule has 6 nitrogen and oxygen atoms in total. The van der Waals surface area contributed by atoms with Crippen LogP contribution in [0.25, 0.3) is 0 Å². The number of likely N-dealkylation sites (N-methyl/N-ethyl adjacent to an activating group) is 1. The van der Waals surface area contributed by atoms with Crippen molar-refractivity contribution >= 4 is 5.96 Å². The summed E-state index contributed by atoms with van der Waals surface area (Å²) >= 11 is 0. The molecule has 0 bridgehead atoms. The molecule has 0 saturated heterocycles. The minimum absolute atomic E-state index is 0.204. The molecule has 0 aromatic heterocycles. The molecule has 148 valence electrons. The predicted octanol–water partition coefficient (Wildman–Crippen LogP) is 2.53. The lowest BCUT2D eigenvalue weighted by Gasteiger charge is -2.22. The van der Waals surface area contributed by atoms with Crippen LogP contribution in [0.15, 0.2) is 23.2 Å². The topological polar surface area (TPSA) is 55.3 Å².